The fraction of sp³-hybridized carbons (Fsp3) is 0.625. The van der Waals surface area contributed by atoms with Crippen LogP contribution in [0.2, 0.25) is 0 Å². The van der Waals surface area contributed by atoms with Gasteiger partial charge in [-0.05, 0) is 49.6 Å². The van der Waals surface area contributed by atoms with Crippen LogP contribution in [0.4, 0.5) is 0 Å². The molecule has 1 aliphatic rings. The Kier molecular flexibility index (Phi) is 5.39. The van der Waals surface area contributed by atoms with Gasteiger partial charge >= 0.3 is 5.97 Å². The van der Waals surface area contributed by atoms with E-state index in [0.717, 1.165) is 24.8 Å². The van der Waals surface area contributed by atoms with Gasteiger partial charge in [0.15, 0.2) is 6.10 Å². The minimum absolute atomic E-state index is 0.198. The quantitative estimate of drug-likeness (QED) is 0.868. The van der Waals surface area contributed by atoms with Gasteiger partial charge in [-0.15, -0.1) is 11.3 Å². The minimum atomic E-state index is -0.756. The van der Waals surface area contributed by atoms with Crippen LogP contribution in [0.3, 0.4) is 0 Å². The number of aryl methyl sites for hydroxylation is 1. The number of rotatable bonds is 4. The van der Waals surface area contributed by atoms with Crippen LogP contribution in [0, 0.1) is 12.8 Å². The summed E-state index contributed by atoms with van der Waals surface area (Å²) in [6.07, 6.45) is 3.78. The van der Waals surface area contributed by atoms with E-state index in [1.54, 1.807) is 6.92 Å². The third-order valence-electron chi connectivity index (χ3n) is 4.14. The Morgan fingerprint density at radius 2 is 2.10 bits per heavy atom. The molecule has 1 heterocycles. The van der Waals surface area contributed by atoms with E-state index >= 15 is 0 Å². The molecule has 0 radical (unpaired) electrons. The number of esters is 1. The second-order valence-corrected chi connectivity index (χ2v) is 6.77. The summed E-state index contributed by atoms with van der Waals surface area (Å²) < 4.78 is 5.27. The topological polar surface area (TPSA) is 55.4 Å². The summed E-state index contributed by atoms with van der Waals surface area (Å²) in [6, 6.07) is 2.08. The second kappa shape index (κ2) is 7.07. The molecular weight excluding hydrogens is 286 g/mol. The average molecular weight is 309 g/mol. The van der Waals surface area contributed by atoms with E-state index in [4.69, 9.17) is 4.74 Å². The lowest BCUT2D eigenvalue weighted by Gasteiger charge is -2.30. The average Bonchev–Trinajstić information content (AvgIpc) is 2.87. The van der Waals surface area contributed by atoms with Gasteiger partial charge in [0.2, 0.25) is 0 Å². The Morgan fingerprint density at radius 1 is 1.38 bits per heavy atom. The van der Waals surface area contributed by atoms with Gasteiger partial charge in [-0.3, -0.25) is 4.79 Å². The third-order valence-corrected chi connectivity index (χ3v) is 5.14. The van der Waals surface area contributed by atoms with Gasteiger partial charge in [-0.25, -0.2) is 4.79 Å². The predicted octanol–water partition coefficient (Wildman–Crippen LogP) is 3.30. The molecule has 1 amide bonds. The van der Waals surface area contributed by atoms with Crippen molar-refractivity contribution in [1.82, 2.24) is 5.32 Å². The molecule has 1 N–H and O–H groups in total. The molecule has 1 fully saturated rings. The zero-order chi connectivity index (χ0) is 15.4. The van der Waals surface area contributed by atoms with Crippen molar-refractivity contribution in [3.05, 3.63) is 21.9 Å². The van der Waals surface area contributed by atoms with Crippen molar-refractivity contribution in [3.8, 4) is 0 Å². The zero-order valence-electron chi connectivity index (χ0n) is 12.8. The lowest BCUT2D eigenvalue weighted by atomic mass is 9.86. The highest BCUT2D eigenvalue weighted by atomic mass is 32.1. The summed E-state index contributed by atoms with van der Waals surface area (Å²) in [7, 11) is 0. The first-order valence-electron chi connectivity index (χ1n) is 7.54. The first-order chi connectivity index (χ1) is 9.99. The van der Waals surface area contributed by atoms with Gasteiger partial charge in [-0.1, -0.05) is 19.8 Å². The monoisotopic (exact) mass is 309 g/mol. The van der Waals surface area contributed by atoms with E-state index in [9.17, 15) is 9.59 Å². The summed E-state index contributed by atoms with van der Waals surface area (Å²) in [5.41, 5.74) is 0.888. The Labute approximate surface area is 129 Å². The number of amides is 1. The minimum Gasteiger partial charge on any atom is -0.448 e. The summed E-state index contributed by atoms with van der Waals surface area (Å²) in [4.78, 5) is 24.7. The molecular formula is C16H23NO3S. The Balaban J connectivity index is 1.87. The molecule has 1 aromatic heterocycles. The maximum atomic E-state index is 12.2. The SMILES string of the molecule is Cc1ccsc1C(=O)O[C@@H](C)C(=O)N[C@H]1CCCC[C@@H]1C. The fourth-order valence-corrected chi connectivity index (χ4v) is 3.49. The van der Waals surface area contributed by atoms with Crippen molar-refractivity contribution in [2.24, 2.45) is 5.92 Å². The molecule has 116 valence electrons. The van der Waals surface area contributed by atoms with Crippen LogP contribution in [-0.2, 0) is 9.53 Å². The molecule has 5 heteroatoms. The van der Waals surface area contributed by atoms with Crippen LogP contribution >= 0.6 is 11.3 Å². The molecule has 1 aliphatic carbocycles. The Morgan fingerprint density at radius 3 is 2.71 bits per heavy atom. The largest absolute Gasteiger partial charge is 0.448 e. The zero-order valence-corrected chi connectivity index (χ0v) is 13.7. The third kappa shape index (κ3) is 4.06. The lowest BCUT2D eigenvalue weighted by Crippen LogP contribution is -2.45. The summed E-state index contributed by atoms with van der Waals surface area (Å²) in [5.74, 6) is -0.122. The molecule has 0 aromatic carbocycles. The van der Waals surface area contributed by atoms with E-state index in [2.05, 4.69) is 12.2 Å². The number of thiophene rings is 1. The maximum Gasteiger partial charge on any atom is 0.349 e. The number of hydrogen-bond donors (Lipinski definition) is 1. The molecule has 3 atom stereocenters. The van der Waals surface area contributed by atoms with E-state index in [-0.39, 0.29) is 11.9 Å². The highest BCUT2D eigenvalue weighted by Crippen LogP contribution is 2.24. The first-order valence-corrected chi connectivity index (χ1v) is 8.42. The molecule has 0 unspecified atom stereocenters. The number of carbonyl (C=O) groups excluding carboxylic acids is 2. The second-order valence-electron chi connectivity index (χ2n) is 5.86. The first kappa shape index (κ1) is 16.0. The van der Waals surface area contributed by atoms with Crippen LogP contribution in [-0.4, -0.2) is 24.0 Å². The number of ether oxygens (including phenoxy) is 1. The van der Waals surface area contributed by atoms with Gasteiger partial charge in [0, 0.05) is 6.04 Å². The van der Waals surface area contributed by atoms with Crippen molar-refractivity contribution < 1.29 is 14.3 Å². The van der Waals surface area contributed by atoms with Crippen LogP contribution in [0.15, 0.2) is 11.4 Å². The van der Waals surface area contributed by atoms with Crippen LogP contribution in [0.5, 0.6) is 0 Å². The molecule has 2 rings (SSSR count). The van der Waals surface area contributed by atoms with Crippen molar-refractivity contribution >= 4 is 23.2 Å². The Hall–Kier alpha value is -1.36. The van der Waals surface area contributed by atoms with Crippen molar-refractivity contribution in [1.29, 1.82) is 0 Å². The molecule has 0 bridgehead atoms. The van der Waals surface area contributed by atoms with E-state index < -0.39 is 12.1 Å². The summed E-state index contributed by atoms with van der Waals surface area (Å²) >= 11 is 1.34. The normalized spacial score (nSPS) is 23.4. The van der Waals surface area contributed by atoms with Gasteiger partial charge in [0.1, 0.15) is 4.88 Å². The van der Waals surface area contributed by atoms with Crippen LogP contribution in [0.25, 0.3) is 0 Å². The van der Waals surface area contributed by atoms with E-state index in [1.165, 1.54) is 17.8 Å². The van der Waals surface area contributed by atoms with Crippen molar-refractivity contribution in [2.45, 2.75) is 58.6 Å². The summed E-state index contributed by atoms with van der Waals surface area (Å²) in [6.45, 7) is 5.65. The number of carbonyl (C=O) groups is 2. The van der Waals surface area contributed by atoms with Gasteiger partial charge in [0.25, 0.3) is 5.91 Å². The van der Waals surface area contributed by atoms with E-state index in [1.807, 2.05) is 18.4 Å². The molecule has 1 aromatic rings. The number of hydrogen-bond acceptors (Lipinski definition) is 4. The predicted molar refractivity (Wildman–Crippen MR) is 83.5 cm³/mol. The highest BCUT2D eigenvalue weighted by molar-refractivity contribution is 7.12. The molecule has 4 nitrogen and oxygen atoms in total. The molecule has 21 heavy (non-hydrogen) atoms. The van der Waals surface area contributed by atoms with E-state index in [0.29, 0.717) is 10.8 Å². The fourth-order valence-electron chi connectivity index (χ4n) is 2.68. The standard InChI is InChI=1S/C16H23NO3S/c1-10-6-4-5-7-13(10)17-15(18)12(3)20-16(19)14-11(2)8-9-21-14/h8-10,12-13H,4-7H2,1-3H3,(H,17,18)/t10-,12-,13-/m0/s1. The molecule has 0 saturated heterocycles. The van der Waals surface area contributed by atoms with Crippen LogP contribution < -0.4 is 5.32 Å². The summed E-state index contributed by atoms with van der Waals surface area (Å²) in [5, 5.41) is 4.87. The number of nitrogens with one attached hydrogen (secondary N) is 1. The lowest BCUT2D eigenvalue weighted by molar-refractivity contribution is -0.130. The van der Waals surface area contributed by atoms with Gasteiger partial charge < -0.3 is 10.1 Å². The van der Waals surface area contributed by atoms with Crippen molar-refractivity contribution in [3.63, 3.8) is 0 Å². The molecule has 1 saturated carbocycles. The van der Waals surface area contributed by atoms with Crippen LogP contribution in [0.1, 0.15) is 54.8 Å². The molecule has 0 spiro atoms. The molecule has 0 aliphatic heterocycles. The smallest absolute Gasteiger partial charge is 0.349 e. The van der Waals surface area contributed by atoms with Gasteiger partial charge in [0.05, 0.1) is 0 Å². The maximum absolute atomic E-state index is 12.2. The van der Waals surface area contributed by atoms with Gasteiger partial charge in [-0.2, -0.15) is 0 Å². The highest BCUT2D eigenvalue weighted by Gasteiger charge is 2.26. The Bertz CT molecular complexity index is 511. The van der Waals surface area contributed by atoms with Crippen molar-refractivity contribution in [2.75, 3.05) is 0 Å².